The molecule has 1 aliphatic carbocycles. The third-order valence-corrected chi connectivity index (χ3v) is 4.43. The Morgan fingerprint density at radius 2 is 2.20 bits per heavy atom. The van der Waals surface area contributed by atoms with Gasteiger partial charge in [0.2, 0.25) is 0 Å². The molecule has 0 aromatic carbocycles. The summed E-state index contributed by atoms with van der Waals surface area (Å²) in [5.41, 5.74) is 0.0420. The van der Waals surface area contributed by atoms with Gasteiger partial charge in [-0.15, -0.1) is 0 Å². The lowest BCUT2D eigenvalue weighted by atomic mass is 9.77. The maximum atomic E-state index is 10.4. The standard InChI is InChI=1S/C12H17BrO2/c1-2-12(6-3-4-7-12)11(14)10-9(13)5-8-15-10/h5,8,11,14H,2-4,6-7H2,1H3. The number of aliphatic hydroxyl groups excluding tert-OH is 1. The molecule has 2 rings (SSSR count). The fraction of sp³-hybridized carbons (Fsp3) is 0.667. The second kappa shape index (κ2) is 4.30. The molecule has 1 heterocycles. The van der Waals surface area contributed by atoms with Crippen molar-refractivity contribution in [3.63, 3.8) is 0 Å². The predicted octanol–water partition coefficient (Wildman–Crippen LogP) is 4.05. The van der Waals surface area contributed by atoms with Crippen molar-refractivity contribution in [3.8, 4) is 0 Å². The summed E-state index contributed by atoms with van der Waals surface area (Å²) >= 11 is 3.41. The minimum atomic E-state index is -0.464. The minimum absolute atomic E-state index is 0.0420. The summed E-state index contributed by atoms with van der Waals surface area (Å²) in [6, 6.07) is 1.84. The number of furan rings is 1. The summed E-state index contributed by atoms with van der Waals surface area (Å²) in [6.45, 7) is 2.16. The van der Waals surface area contributed by atoms with Crippen LogP contribution in [0.4, 0.5) is 0 Å². The van der Waals surface area contributed by atoms with Gasteiger partial charge in [-0.25, -0.2) is 0 Å². The highest BCUT2D eigenvalue weighted by Gasteiger charge is 2.41. The van der Waals surface area contributed by atoms with Crippen LogP contribution in [0.3, 0.4) is 0 Å². The van der Waals surface area contributed by atoms with Crippen LogP contribution in [0.25, 0.3) is 0 Å². The lowest BCUT2D eigenvalue weighted by molar-refractivity contribution is 0.00703. The van der Waals surface area contributed by atoms with Crippen LogP contribution in [-0.4, -0.2) is 5.11 Å². The van der Waals surface area contributed by atoms with Crippen molar-refractivity contribution in [2.75, 3.05) is 0 Å². The van der Waals surface area contributed by atoms with Crippen molar-refractivity contribution in [2.45, 2.75) is 45.1 Å². The van der Waals surface area contributed by atoms with Gasteiger partial charge in [0.05, 0.1) is 10.7 Å². The first-order valence-electron chi connectivity index (χ1n) is 5.60. The van der Waals surface area contributed by atoms with Crippen LogP contribution >= 0.6 is 15.9 Å². The first kappa shape index (κ1) is 11.2. The summed E-state index contributed by atoms with van der Waals surface area (Å²) in [6.07, 6.45) is 6.85. The second-order valence-electron chi connectivity index (χ2n) is 4.46. The highest BCUT2D eigenvalue weighted by atomic mass is 79.9. The van der Waals surface area contributed by atoms with Crippen molar-refractivity contribution in [2.24, 2.45) is 5.41 Å². The predicted molar refractivity (Wildman–Crippen MR) is 62.6 cm³/mol. The minimum Gasteiger partial charge on any atom is -0.465 e. The summed E-state index contributed by atoms with van der Waals surface area (Å²) in [5.74, 6) is 0.693. The highest BCUT2D eigenvalue weighted by Crippen LogP contribution is 2.51. The average Bonchev–Trinajstić information content (AvgIpc) is 2.86. The van der Waals surface area contributed by atoms with Crippen molar-refractivity contribution >= 4 is 15.9 Å². The van der Waals surface area contributed by atoms with Crippen LogP contribution in [0, 0.1) is 5.41 Å². The van der Waals surface area contributed by atoms with Crippen molar-refractivity contribution in [1.82, 2.24) is 0 Å². The molecule has 1 N–H and O–H groups in total. The molecule has 1 unspecified atom stereocenters. The van der Waals surface area contributed by atoms with Crippen molar-refractivity contribution < 1.29 is 9.52 Å². The van der Waals surface area contributed by atoms with Gasteiger partial charge >= 0.3 is 0 Å². The van der Waals surface area contributed by atoms with Gasteiger partial charge < -0.3 is 9.52 Å². The molecule has 1 fully saturated rings. The molecule has 0 aliphatic heterocycles. The Labute approximate surface area is 98.8 Å². The maximum absolute atomic E-state index is 10.4. The summed E-state index contributed by atoms with van der Waals surface area (Å²) in [7, 11) is 0. The van der Waals surface area contributed by atoms with Crippen LogP contribution in [0.5, 0.6) is 0 Å². The molecular formula is C12H17BrO2. The van der Waals surface area contributed by atoms with E-state index < -0.39 is 6.10 Å². The van der Waals surface area contributed by atoms with E-state index in [1.807, 2.05) is 6.07 Å². The number of hydrogen-bond acceptors (Lipinski definition) is 2. The monoisotopic (exact) mass is 272 g/mol. The van der Waals surface area contributed by atoms with Crippen molar-refractivity contribution in [1.29, 1.82) is 0 Å². The Hall–Kier alpha value is -0.280. The van der Waals surface area contributed by atoms with Gasteiger partial charge in [0, 0.05) is 5.41 Å². The van der Waals surface area contributed by atoms with Gasteiger partial charge in [-0.3, -0.25) is 0 Å². The molecule has 15 heavy (non-hydrogen) atoms. The molecule has 1 aliphatic rings. The number of halogens is 1. The van der Waals surface area contributed by atoms with E-state index in [4.69, 9.17) is 4.42 Å². The highest BCUT2D eigenvalue weighted by molar-refractivity contribution is 9.10. The van der Waals surface area contributed by atoms with Gasteiger partial charge in [0.15, 0.2) is 0 Å². The zero-order chi connectivity index (χ0) is 10.9. The van der Waals surface area contributed by atoms with E-state index in [1.54, 1.807) is 6.26 Å². The molecule has 0 saturated heterocycles. The Morgan fingerprint density at radius 3 is 2.67 bits per heavy atom. The zero-order valence-corrected chi connectivity index (χ0v) is 10.6. The third-order valence-electron chi connectivity index (χ3n) is 3.78. The summed E-state index contributed by atoms with van der Waals surface area (Å²) in [5, 5.41) is 10.4. The molecule has 3 heteroatoms. The van der Waals surface area contributed by atoms with Crippen LogP contribution in [-0.2, 0) is 0 Å². The molecule has 1 saturated carbocycles. The van der Waals surface area contributed by atoms with Gasteiger partial charge in [0.25, 0.3) is 0 Å². The van der Waals surface area contributed by atoms with Gasteiger partial charge in [-0.2, -0.15) is 0 Å². The van der Waals surface area contributed by atoms with E-state index in [2.05, 4.69) is 22.9 Å². The van der Waals surface area contributed by atoms with E-state index in [1.165, 1.54) is 12.8 Å². The van der Waals surface area contributed by atoms with Crippen LogP contribution in [0.2, 0.25) is 0 Å². The molecule has 0 bridgehead atoms. The SMILES string of the molecule is CCC1(C(O)c2occc2Br)CCCC1. The Morgan fingerprint density at radius 1 is 1.53 bits per heavy atom. The Kier molecular flexibility index (Phi) is 3.21. The molecule has 0 spiro atoms. The van der Waals surface area contributed by atoms with Crippen molar-refractivity contribution in [3.05, 3.63) is 22.6 Å². The fourth-order valence-corrected chi connectivity index (χ4v) is 3.10. The largest absolute Gasteiger partial charge is 0.465 e. The van der Waals surface area contributed by atoms with Gasteiger partial charge in [-0.05, 0) is 41.3 Å². The van der Waals surface area contributed by atoms with Crippen LogP contribution < -0.4 is 0 Å². The molecule has 84 valence electrons. The number of hydrogen-bond donors (Lipinski definition) is 1. The van der Waals surface area contributed by atoms with E-state index in [9.17, 15) is 5.11 Å². The van der Waals surface area contributed by atoms with E-state index >= 15 is 0 Å². The Bertz CT molecular complexity index is 326. The lowest BCUT2D eigenvalue weighted by Crippen LogP contribution is -2.24. The van der Waals surface area contributed by atoms with E-state index in [0.717, 1.165) is 23.7 Å². The number of rotatable bonds is 3. The van der Waals surface area contributed by atoms with Gasteiger partial charge in [-0.1, -0.05) is 19.8 Å². The molecule has 0 radical (unpaired) electrons. The Balaban J connectivity index is 2.26. The molecule has 1 aromatic heterocycles. The zero-order valence-electron chi connectivity index (χ0n) is 9.00. The van der Waals surface area contributed by atoms with Crippen LogP contribution in [0.1, 0.15) is 50.9 Å². The summed E-state index contributed by atoms with van der Waals surface area (Å²) < 4.78 is 6.25. The average molecular weight is 273 g/mol. The lowest BCUT2D eigenvalue weighted by Gasteiger charge is -2.32. The molecule has 0 amide bonds. The maximum Gasteiger partial charge on any atom is 0.146 e. The van der Waals surface area contributed by atoms with Gasteiger partial charge in [0.1, 0.15) is 11.9 Å². The molecular weight excluding hydrogens is 256 g/mol. The normalized spacial score (nSPS) is 21.8. The third kappa shape index (κ3) is 1.87. The summed E-state index contributed by atoms with van der Waals surface area (Å²) in [4.78, 5) is 0. The topological polar surface area (TPSA) is 33.4 Å². The first-order valence-corrected chi connectivity index (χ1v) is 6.40. The molecule has 1 aromatic rings. The second-order valence-corrected chi connectivity index (χ2v) is 5.31. The van der Waals surface area contributed by atoms with Crippen LogP contribution in [0.15, 0.2) is 21.2 Å². The van der Waals surface area contributed by atoms with E-state index in [0.29, 0.717) is 5.76 Å². The number of aliphatic hydroxyl groups is 1. The molecule has 1 atom stereocenters. The molecule has 2 nitrogen and oxygen atoms in total. The fourth-order valence-electron chi connectivity index (χ4n) is 2.68. The smallest absolute Gasteiger partial charge is 0.146 e. The first-order chi connectivity index (χ1) is 7.19. The van der Waals surface area contributed by atoms with E-state index in [-0.39, 0.29) is 5.41 Å². The quantitative estimate of drug-likeness (QED) is 0.901.